The normalized spacial score (nSPS) is 9.85. The SMILES string of the molecule is CC.CCOC(=O)c1c[nH]c2cc(Cl)c(C)cc2c1=O. The molecule has 2 rings (SSSR count). The van der Waals surface area contributed by atoms with Crippen molar-refractivity contribution in [2.45, 2.75) is 27.7 Å². The predicted molar refractivity (Wildman–Crippen MR) is 81.6 cm³/mol. The van der Waals surface area contributed by atoms with Crippen LogP contribution in [0.1, 0.15) is 36.7 Å². The molecule has 0 bridgehead atoms. The van der Waals surface area contributed by atoms with Crippen molar-refractivity contribution in [1.82, 2.24) is 4.98 Å². The number of hydrogen-bond acceptors (Lipinski definition) is 3. The van der Waals surface area contributed by atoms with E-state index in [0.717, 1.165) is 5.56 Å². The summed E-state index contributed by atoms with van der Waals surface area (Å²) in [6.07, 6.45) is 1.36. The van der Waals surface area contributed by atoms with Gasteiger partial charge >= 0.3 is 5.97 Å². The van der Waals surface area contributed by atoms with E-state index in [-0.39, 0.29) is 17.6 Å². The molecule has 1 aromatic heterocycles. The Morgan fingerprint density at radius 3 is 2.60 bits per heavy atom. The van der Waals surface area contributed by atoms with Crippen molar-refractivity contribution in [2.75, 3.05) is 6.61 Å². The number of benzene rings is 1. The van der Waals surface area contributed by atoms with Crippen LogP contribution in [0.15, 0.2) is 23.1 Å². The smallest absolute Gasteiger partial charge is 0.343 e. The lowest BCUT2D eigenvalue weighted by molar-refractivity contribution is 0.0524. The molecule has 5 heteroatoms. The van der Waals surface area contributed by atoms with Gasteiger partial charge in [-0.25, -0.2) is 4.79 Å². The Balaban J connectivity index is 0.000000956. The molecule has 0 radical (unpaired) electrons. The average molecular weight is 296 g/mol. The highest BCUT2D eigenvalue weighted by molar-refractivity contribution is 6.32. The summed E-state index contributed by atoms with van der Waals surface area (Å²) in [6, 6.07) is 3.34. The van der Waals surface area contributed by atoms with Crippen LogP contribution in [-0.2, 0) is 4.74 Å². The average Bonchev–Trinajstić information content (AvgIpc) is 2.44. The van der Waals surface area contributed by atoms with Gasteiger partial charge in [-0.15, -0.1) is 0 Å². The molecule has 108 valence electrons. The van der Waals surface area contributed by atoms with Gasteiger partial charge in [0.2, 0.25) is 5.43 Å². The first kappa shape index (κ1) is 16.2. The molecule has 0 saturated carbocycles. The number of H-pyrrole nitrogens is 1. The number of esters is 1. The van der Waals surface area contributed by atoms with Crippen LogP contribution in [0.5, 0.6) is 0 Å². The second kappa shape index (κ2) is 7.10. The lowest BCUT2D eigenvalue weighted by Crippen LogP contribution is -2.18. The lowest BCUT2D eigenvalue weighted by Gasteiger charge is -2.05. The molecule has 1 N–H and O–H groups in total. The van der Waals surface area contributed by atoms with Gasteiger partial charge in [-0.1, -0.05) is 25.4 Å². The van der Waals surface area contributed by atoms with E-state index in [0.29, 0.717) is 15.9 Å². The fourth-order valence-electron chi connectivity index (χ4n) is 1.71. The van der Waals surface area contributed by atoms with Gasteiger partial charge in [-0.05, 0) is 31.5 Å². The topological polar surface area (TPSA) is 59.2 Å². The number of pyridine rings is 1. The van der Waals surface area contributed by atoms with Gasteiger partial charge < -0.3 is 9.72 Å². The van der Waals surface area contributed by atoms with E-state index < -0.39 is 5.97 Å². The van der Waals surface area contributed by atoms with E-state index in [1.165, 1.54) is 6.20 Å². The Hall–Kier alpha value is -1.81. The summed E-state index contributed by atoms with van der Waals surface area (Å²) in [5.41, 5.74) is 1.05. The number of aromatic amines is 1. The fourth-order valence-corrected chi connectivity index (χ4v) is 1.87. The van der Waals surface area contributed by atoms with Crippen LogP contribution >= 0.6 is 11.6 Å². The number of aromatic nitrogens is 1. The quantitative estimate of drug-likeness (QED) is 0.860. The molecular weight excluding hydrogens is 278 g/mol. The van der Waals surface area contributed by atoms with Crippen molar-refractivity contribution in [1.29, 1.82) is 0 Å². The maximum Gasteiger partial charge on any atom is 0.343 e. The molecule has 0 fully saturated rings. The third-order valence-electron chi connectivity index (χ3n) is 2.66. The standard InChI is InChI=1S/C13H12ClNO3.C2H6/c1-3-18-13(17)9-6-15-11-5-10(14)7(2)4-8(11)12(9)16;1-2/h4-6H,3H2,1-2H3,(H,15,16);1-2H3. The second-order valence-corrected chi connectivity index (χ2v) is 4.31. The van der Waals surface area contributed by atoms with Crippen LogP contribution in [0.3, 0.4) is 0 Å². The Labute approximate surface area is 122 Å². The van der Waals surface area contributed by atoms with E-state index in [9.17, 15) is 9.59 Å². The zero-order valence-electron chi connectivity index (χ0n) is 12.0. The van der Waals surface area contributed by atoms with Gasteiger partial charge in [0.05, 0.1) is 12.1 Å². The van der Waals surface area contributed by atoms with Crippen molar-refractivity contribution in [3.63, 3.8) is 0 Å². The Morgan fingerprint density at radius 2 is 2.00 bits per heavy atom. The largest absolute Gasteiger partial charge is 0.462 e. The third kappa shape index (κ3) is 3.20. The minimum atomic E-state index is -0.617. The Morgan fingerprint density at radius 1 is 1.35 bits per heavy atom. The number of hydrogen-bond donors (Lipinski definition) is 1. The first-order valence-corrected chi connectivity index (χ1v) is 6.91. The molecule has 4 nitrogen and oxygen atoms in total. The zero-order valence-corrected chi connectivity index (χ0v) is 12.8. The highest BCUT2D eigenvalue weighted by Crippen LogP contribution is 2.20. The molecule has 0 spiro atoms. The van der Waals surface area contributed by atoms with Crippen molar-refractivity contribution < 1.29 is 9.53 Å². The molecule has 0 unspecified atom stereocenters. The van der Waals surface area contributed by atoms with E-state index >= 15 is 0 Å². The lowest BCUT2D eigenvalue weighted by atomic mass is 10.1. The van der Waals surface area contributed by atoms with Crippen LogP contribution in [0.4, 0.5) is 0 Å². The monoisotopic (exact) mass is 295 g/mol. The van der Waals surface area contributed by atoms with Crippen LogP contribution in [-0.4, -0.2) is 17.6 Å². The molecular formula is C15H18ClNO3. The van der Waals surface area contributed by atoms with E-state index in [1.807, 2.05) is 13.8 Å². The minimum absolute atomic E-state index is 0.00562. The van der Waals surface area contributed by atoms with Gasteiger partial charge in [-0.3, -0.25) is 4.79 Å². The number of rotatable bonds is 2. The number of aryl methyl sites for hydroxylation is 1. The Kier molecular flexibility index (Phi) is 5.77. The number of halogens is 1. The molecule has 1 aromatic carbocycles. The van der Waals surface area contributed by atoms with Crippen molar-refractivity contribution in [3.05, 3.63) is 44.7 Å². The summed E-state index contributed by atoms with van der Waals surface area (Å²) in [4.78, 5) is 26.6. The third-order valence-corrected chi connectivity index (χ3v) is 3.06. The maximum atomic E-state index is 12.1. The fraction of sp³-hybridized carbons (Fsp3) is 0.333. The molecule has 0 amide bonds. The summed E-state index contributed by atoms with van der Waals surface area (Å²) in [5.74, 6) is -0.617. The van der Waals surface area contributed by atoms with E-state index in [1.54, 1.807) is 26.0 Å². The van der Waals surface area contributed by atoms with Gasteiger partial charge in [0.25, 0.3) is 0 Å². The van der Waals surface area contributed by atoms with Crippen LogP contribution in [0, 0.1) is 6.92 Å². The predicted octanol–water partition coefficient (Wildman–Crippen LogP) is 3.69. The number of nitrogens with one attached hydrogen (secondary N) is 1. The number of ether oxygens (including phenoxy) is 1. The highest BCUT2D eigenvalue weighted by atomic mass is 35.5. The number of fused-ring (bicyclic) bond motifs is 1. The van der Waals surface area contributed by atoms with Crippen LogP contribution < -0.4 is 5.43 Å². The first-order valence-electron chi connectivity index (χ1n) is 6.53. The van der Waals surface area contributed by atoms with Gasteiger partial charge in [0, 0.05) is 16.6 Å². The van der Waals surface area contributed by atoms with Crippen molar-refractivity contribution in [3.8, 4) is 0 Å². The second-order valence-electron chi connectivity index (χ2n) is 3.90. The van der Waals surface area contributed by atoms with E-state index in [2.05, 4.69) is 4.98 Å². The molecule has 2 aromatic rings. The number of carbonyl (C=O) groups is 1. The number of carbonyl (C=O) groups excluding carboxylic acids is 1. The van der Waals surface area contributed by atoms with Crippen LogP contribution in [0.25, 0.3) is 10.9 Å². The van der Waals surface area contributed by atoms with Crippen molar-refractivity contribution in [2.24, 2.45) is 0 Å². The van der Waals surface area contributed by atoms with Gasteiger partial charge in [-0.2, -0.15) is 0 Å². The van der Waals surface area contributed by atoms with Crippen molar-refractivity contribution >= 4 is 28.5 Å². The minimum Gasteiger partial charge on any atom is -0.462 e. The molecule has 20 heavy (non-hydrogen) atoms. The zero-order chi connectivity index (χ0) is 15.3. The summed E-state index contributed by atoms with van der Waals surface area (Å²) in [5, 5.41) is 1.00. The molecule has 1 heterocycles. The molecule has 0 aliphatic heterocycles. The summed E-state index contributed by atoms with van der Waals surface area (Å²) in [6.45, 7) is 7.73. The summed E-state index contributed by atoms with van der Waals surface area (Å²) < 4.78 is 4.83. The van der Waals surface area contributed by atoms with Gasteiger partial charge in [0.15, 0.2) is 0 Å². The molecule has 0 atom stereocenters. The van der Waals surface area contributed by atoms with Gasteiger partial charge in [0.1, 0.15) is 5.56 Å². The highest BCUT2D eigenvalue weighted by Gasteiger charge is 2.14. The molecule has 0 saturated heterocycles. The summed E-state index contributed by atoms with van der Waals surface area (Å²) in [7, 11) is 0. The first-order chi connectivity index (χ1) is 9.54. The summed E-state index contributed by atoms with van der Waals surface area (Å²) >= 11 is 5.98. The molecule has 0 aliphatic rings. The maximum absolute atomic E-state index is 12.1. The Bertz CT molecular complexity index is 677. The van der Waals surface area contributed by atoms with Crippen LogP contribution in [0.2, 0.25) is 5.02 Å². The van der Waals surface area contributed by atoms with E-state index in [4.69, 9.17) is 16.3 Å². The molecule has 0 aliphatic carbocycles.